The first kappa shape index (κ1) is 18.1. The van der Waals surface area contributed by atoms with Gasteiger partial charge in [-0.05, 0) is 30.5 Å². The number of carbonyl (C=O) groups excluding carboxylic acids is 1. The number of primary amides is 1. The highest BCUT2D eigenvalue weighted by Crippen LogP contribution is 2.35. The summed E-state index contributed by atoms with van der Waals surface area (Å²) in [4.78, 5) is 21.1. The lowest BCUT2D eigenvalue weighted by molar-refractivity contribution is 0.100. The number of benzene rings is 2. The second-order valence-corrected chi connectivity index (χ2v) is 7.04. The fourth-order valence-corrected chi connectivity index (χ4v) is 3.56. The molecule has 0 radical (unpaired) electrons. The van der Waals surface area contributed by atoms with Crippen molar-refractivity contribution < 1.29 is 14.1 Å². The Morgan fingerprint density at radius 1 is 1.10 bits per heavy atom. The van der Waals surface area contributed by atoms with Crippen LogP contribution < -0.4 is 15.8 Å². The Hall–Kier alpha value is -3.94. The monoisotopic (exact) mass is 401 g/mol. The Bertz CT molecular complexity index is 1240. The molecule has 2 aromatic carbocycles. The Morgan fingerprint density at radius 3 is 2.80 bits per heavy atom. The molecule has 0 atom stereocenters. The lowest BCUT2D eigenvalue weighted by atomic mass is 10.1. The molecule has 0 saturated heterocycles. The van der Waals surface area contributed by atoms with Gasteiger partial charge in [0.1, 0.15) is 5.52 Å². The van der Waals surface area contributed by atoms with Crippen LogP contribution in [-0.2, 0) is 13.0 Å². The number of hydrogen-bond acceptors (Lipinski definition) is 7. The first-order valence-corrected chi connectivity index (χ1v) is 9.71. The minimum atomic E-state index is -0.564. The topological polar surface area (TPSA) is 116 Å². The molecule has 1 aliphatic heterocycles. The lowest BCUT2D eigenvalue weighted by Crippen LogP contribution is -2.15. The van der Waals surface area contributed by atoms with Crippen LogP contribution in [0.1, 0.15) is 28.0 Å². The average molecular weight is 401 g/mol. The second-order valence-electron chi connectivity index (χ2n) is 7.04. The molecule has 1 aliphatic rings. The number of rotatable bonds is 5. The van der Waals surface area contributed by atoms with Crippen molar-refractivity contribution >= 4 is 22.6 Å². The van der Waals surface area contributed by atoms with Crippen molar-refractivity contribution in [2.24, 2.45) is 5.73 Å². The van der Waals surface area contributed by atoms with Gasteiger partial charge in [-0.3, -0.25) is 4.79 Å². The third kappa shape index (κ3) is 3.22. The van der Waals surface area contributed by atoms with Crippen LogP contribution in [0.2, 0.25) is 0 Å². The van der Waals surface area contributed by atoms with Crippen molar-refractivity contribution in [3.63, 3.8) is 0 Å². The molecule has 4 aromatic rings. The maximum Gasteiger partial charge on any atom is 0.251 e. The van der Waals surface area contributed by atoms with Crippen molar-refractivity contribution in [3.05, 3.63) is 65.4 Å². The summed E-state index contributed by atoms with van der Waals surface area (Å²) in [5.41, 5.74) is 8.10. The van der Waals surface area contributed by atoms with Crippen LogP contribution in [0.15, 0.2) is 53.1 Å². The summed E-state index contributed by atoms with van der Waals surface area (Å²) in [7, 11) is 0. The molecular weight excluding hydrogens is 382 g/mol. The molecular formula is C22H19N5O3. The number of nitrogens with two attached hydrogens (primary N) is 1. The van der Waals surface area contributed by atoms with Gasteiger partial charge < -0.3 is 20.3 Å². The maximum atomic E-state index is 11.7. The molecule has 8 nitrogen and oxygen atoms in total. The Labute approximate surface area is 172 Å². The number of nitrogens with one attached hydrogen (secondary N) is 1. The first-order chi connectivity index (χ1) is 14.7. The van der Waals surface area contributed by atoms with Gasteiger partial charge in [-0.15, -0.1) is 0 Å². The summed E-state index contributed by atoms with van der Waals surface area (Å²) in [6.45, 7) is 1.22. The molecule has 3 N–H and O–H groups in total. The van der Waals surface area contributed by atoms with Gasteiger partial charge >= 0.3 is 0 Å². The largest absolute Gasteiger partial charge is 0.488 e. The van der Waals surface area contributed by atoms with Crippen molar-refractivity contribution in [3.8, 4) is 17.3 Å². The van der Waals surface area contributed by atoms with E-state index >= 15 is 0 Å². The Balaban J connectivity index is 1.58. The quantitative estimate of drug-likeness (QED) is 0.527. The minimum Gasteiger partial charge on any atom is -0.488 e. The van der Waals surface area contributed by atoms with Gasteiger partial charge in [0.2, 0.25) is 11.6 Å². The van der Waals surface area contributed by atoms with E-state index in [-0.39, 0.29) is 0 Å². The van der Waals surface area contributed by atoms with E-state index in [2.05, 4.69) is 20.4 Å². The van der Waals surface area contributed by atoms with E-state index in [9.17, 15) is 4.79 Å². The summed E-state index contributed by atoms with van der Waals surface area (Å²) in [6, 6.07) is 15.2. The number of hydrogen-bond donors (Lipinski definition) is 2. The SMILES string of the molecule is NC(=O)c1cccc2c(-c3nc4c(c(NCc5ccccc5)n3)OCCC4)onc12. The van der Waals surface area contributed by atoms with E-state index in [1.165, 1.54) is 0 Å². The standard InChI is InChI=1S/C22H19N5O3/c23-20(28)15-9-4-8-14-17(15)27-30-18(14)22-25-16-10-5-11-29-19(16)21(26-22)24-12-13-6-2-1-3-7-13/h1-4,6-9H,5,10-12H2,(H2,23,28)(H,24,25,26). The highest BCUT2D eigenvalue weighted by molar-refractivity contribution is 6.07. The van der Waals surface area contributed by atoms with E-state index in [0.29, 0.717) is 52.8 Å². The molecule has 0 unspecified atom stereocenters. The van der Waals surface area contributed by atoms with Crippen LogP contribution in [0.4, 0.5) is 5.82 Å². The fraction of sp³-hybridized carbons (Fsp3) is 0.182. The summed E-state index contributed by atoms with van der Waals surface area (Å²) in [6.07, 6.45) is 1.66. The smallest absolute Gasteiger partial charge is 0.251 e. The van der Waals surface area contributed by atoms with Gasteiger partial charge in [0.15, 0.2) is 11.6 Å². The molecule has 0 aliphatic carbocycles. The number of aryl methyl sites for hydroxylation is 1. The van der Waals surface area contributed by atoms with E-state index in [1.807, 2.05) is 36.4 Å². The number of aromatic nitrogens is 3. The fourth-order valence-electron chi connectivity index (χ4n) is 3.56. The van der Waals surface area contributed by atoms with Gasteiger partial charge in [-0.1, -0.05) is 41.6 Å². The van der Waals surface area contributed by atoms with E-state index in [0.717, 1.165) is 24.1 Å². The highest BCUT2D eigenvalue weighted by atomic mass is 16.5. The zero-order valence-corrected chi connectivity index (χ0v) is 16.1. The number of fused-ring (bicyclic) bond motifs is 2. The molecule has 150 valence electrons. The number of ether oxygens (including phenoxy) is 1. The van der Waals surface area contributed by atoms with Crippen molar-refractivity contribution in [1.82, 2.24) is 15.1 Å². The number of carbonyl (C=O) groups is 1. The van der Waals surface area contributed by atoms with Gasteiger partial charge in [-0.25, -0.2) is 9.97 Å². The van der Waals surface area contributed by atoms with E-state index in [1.54, 1.807) is 12.1 Å². The third-order valence-electron chi connectivity index (χ3n) is 5.02. The van der Waals surface area contributed by atoms with Crippen LogP contribution in [0, 0.1) is 0 Å². The van der Waals surface area contributed by atoms with Crippen LogP contribution in [0.5, 0.6) is 5.75 Å². The van der Waals surface area contributed by atoms with Gasteiger partial charge in [0, 0.05) is 6.54 Å². The number of amides is 1. The summed E-state index contributed by atoms with van der Waals surface area (Å²) in [5, 5.41) is 8.04. The first-order valence-electron chi connectivity index (χ1n) is 9.71. The molecule has 0 spiro atoms. The molecule has 30 heavy (non-hydrogen) atoms. The van der Waals surface area contributed by atoms with Crippen LogP contribution in [-0.4, -0.2) is 27.6 Å². The highest BCUT2D eigenvalue weighted by Gasteiger charge is 2.24. The third-order valence-corrected chi connectivity index (χ3v) is 5.02. The van der Waals surface area contributed by atoms with E-state index in [4.69, 9.17) is 15.0 Å². The second kappa shape index (κ2) is 7.47. The average Bonchev–Trinajstić information content (AvgIpc) is 3.22. The van der Waals surface area contributed by atoms with Crippen molar-refractivity contribution in [1.29, 1.82) is 0 Å². The van der Waals surface area contributed by atoms with Crippen LogP contribution >= 0.6 is 0 Å². The molecule has 0 saturated carbocycles. The van der Waals surface area contributed by atoms with Crippen molar-refractivity contribution in [2.75, 3.05) is 11.9 Å². The molecule has 1 amide bonds. The predicted octanol–water partition coefficient (Wildman–Crippen LogP) is 3.32. The molecule has 5 rings (SSSR count). The number of anilines is 1. The van der Waals surface area contributed by atoms with Gasteiger partial charge in [-0.2, -0.15) is 0 Å². The molecule has 0 bridgehead atoms. The zero-order valence-electron chi connectivity index (χ0n) is 16.1. The Kier molecular flexibility index (Phi) is 4.51. The van der Waals surface area contributed by atoms with Crippen LogP contribution in [0.3, 0.4) is 0 Å². The molecule has 8 heteroatoms. The molecule has 2 aromatic heterocycles. The summed E-state index contributed by atoms with van der Waals surface area (Å²) >= 11 is 0. The maximum absolute atomic E-state index is 11.7. The minimum absolute atomic E-state index is 0.297. The zero-order chi connectivity index (χ0) is 20.5. The van der Waals surface area contributed by atoms with Gasteiger partial charge in [0.25, 0.3) is 5.91 Å². The van der Waals surface area contributed by atoms with Crippen molar-refractivity contribution in [2.45, 2.75) is 19.4 Å². The van der Waals surface area contributed by atoms with E-state index < -0.39 is 5.91 Å². The number of nitrogens with zero attached hydrogens (tertiary/aromatic N) is 3. The van der Waals surface area contributed by atoms with Gasteiger partial charge in [0.05, 0.1) is 23.3 Å². The summed E-state index contributed by atoms with van der Waals surface area (Å²) in [5.74, 6) is 1.49. The molecule has 0 fully saturated rings. The molecule has 3 heterocycles. The summed E-state index contributed by atoms with van der Waals surface area (Å²) < 4.78 is 11.4. The van der Waals surface area contributed by atoms with Crippen LogP contribution in [0.25, 0.3) is 22.5 Å². The normalized spacial score (nSPS) is 12.9. The lowest BCUT2D eigenvalue weighted by Gasteiger charge is -2.20. The Morgan fingerprint density at radius 2 is 1.97 bits per heavy atom. The predicted molar refractivity (Wildman–Crippen MR) is 111 cm³/mol.